The predicted octanol–water partition coefficient (Wildman–Crippen LogP) is 17.3. The van der Waals surface area contributed by atoms with Gasteiger partial charge in [0, 0.05) is 50.0 Å². The molecule has 0 N–H and O–H groups in total. The van der Waals surface area contributed by atoms with Gasteiger partial charge in [0.2, 0.25) is 0 Å². The van der Waals surface area contributed by atoms with Crippen molar-refractivity contribution in [2.24, 2.45) is 0 Å². The Morgan fingerprint density at radius 1 is 0.486 bits per heavy atom. The molecule has 0 aliphatic carbocycles. The fraction of sp³-hybridized carbons (Fsp3) is 0.312. The second kappa shape index (κ2) is 18.4. The average Bonchev–Trinajstić information content (AvgIpc) is 3.91. The van der Waals surface area contributed by atoms with Crippen molar-refractivity contribution in [3.8, 4) is 39.6 Å². The molecule has 0 spiro atoms. The van der Waals surface area contributed by atoms with Gasteiger partial charge in [-0.1, -0.05) is 182 Å². The van der Waals surface area contributed by atoms with Crippen molar-refractivity contribution >= 4 is 33.2 Å². The first-order valence-electron chi connectivity index (χ1n) is 24.5. The van der Waals surface area contributed by atoms with Crippen LogP contribution in [0.4, 0.5) is 11.4 Å². The molecule has 5 nitrogen and oxygen atoms in total. The molecule has 9 rings (SSSR count). The second-order valence-corrected chi connectivity index (χ2v) is 24.1. The standard InChI is InChI=1S/C64H69N4O.Pt/c1-60(2,3)45-25-28-55-51(36-45)50-27-26-48(40-57(50)68(55)58-35-43(29-30-65-58)59-53(63(10,11)12)37-46(61(4,5)6)38-54(59)64(13,14)15)69-49-34-44(42-21-17-16-18-22-42)33-47(39-49)66-31-32-67(41-66)56-24-20-19-23-52(56)62(7,8)9;/h16-38,41H,1-15H3;/q-3;. The second-order valence-electron chi connectivity index (χ2n) is 24.1. The molecule has 0 saturated carbocycles. The molecule has 8 aromatic rings. The van der Waals surface area contributed by atoms with Crippen LogP contribution in [0.25, 0.3) is 49.9 Å². The smallest absolute Gasteiger partial charge is 0.136 e. The van der Waals surface area contributed by atoms with Gasteiger partial charge in [-0.15, -0.1) is 53.6 Å². The number of pyridine rings is 1. The van der Waals surface area contributed by atoms with E-state index >= 15 is 0 Å². The number of rotatable bonds is 7. The topological polar surface area (TPSA) is 33.5 Å². The number of nitrogens with zero attached hydrogens (tertiary/aromatic N) is 4. The van der Waals surface area contributed by atoms with Crippen LogP contribution in [0.15, 0.2) is 140 Å². The Balaban J connectivity index is 0.00000659. The van der Waals surface area contributed by atoms with Crippen LogP contribution in [-0.2, 0) is 48.1 Å². The number of hydrogen-bond donors (Lipinski definition) is 0. The first kappa shape index (κ1) is 50.5. The van der Waals surface area contributed by atoms with Crippen LogP contribution >= 0.6 is 0 Å². The first-order valence-corrected chi connectivity index (χ1v) is 24.5. The van der Waals surface area contributed by atoms with Crippen molar-refractivity contribution in [2.75, 3.05) is 9.80 Å². The van der Waals surface area contributed by atoms with Crippen molar-refractivity contribution in [2.45, 2.75) is 131 Å². The van der Waals surface area contributed by atoms with Gasteiger partial charge in [-0.05, 0) is 114 Å². The summed E-state index contributed by atoms with van der Waals surface area (Å²) in [6.07, 6.45) is 6.17. The minimum absolute atomic E-state index is 0. The normalized spacial score (nSPS) is 13.6. The van der Waals surface area contributed by atoms with Crippen molar-refractivity contribution in [3.05, 3.63) is 187 Å². The van der Waals surface area contributed by atoms with Crippen LogP contribution in [0, 0.1) is 18.8 Å². The van der Waals surface area contributed by atoms with Crippen molar-refractivity contribution < 1.29 is 25.8 Å². The number of hydrogen-bond acceptors (Lipinski definition) is 4. The Morgan fingerprint density at radius 3 is 1.76 bits per heavy atom. The molecule has 0 unspecified atom stereocenters. The molecule has 0 saturated heterocycles. The number of benzene rings is 6. The molecule has 1 aliphatic heterocycles. The molecule has 6 aromatic carbocycles. The zero-order valence-corrected chi connectivity index (χ0v) is 46.1. The molecule has 70 heavy (non-hydrogen) atoms. The summed E-state index contributed by atoms with van der Waals surface area (Å²) in [6.45, 7) is 36.7. The molecular formula is C64H69N4OPt-3. The van der Waals surface area contributed by atoms with E-state index in [2.05, 4.69) is 259 Å². The minimum atomic E-state index is -0.106. The molecule has 0 radical (unpaired) electrons. The van der Waals surface area contributed by atoms with Crippen LogP contribution in [0.3, 0.4) is 0 Å². The zero-order chi connectivity index (χ0) is 49.4. The molecule has 6 heteroatoms. The Kier molecular flexibility index (Phi) is 13.2. The van der Waals surface area contributed by atoms with E-state index in [0.29, 0.717) is 11.5 Å². The Labute approximate surface area is 432 Å². The summed E-state index contributed by atoms with van der Waals surface area (Å²) in [5.74, 6) is 2.02. The van der Waals surface area contributed by atoms with Crippen LogP contribution in [0.1, 0.15) is 132 Å². The maximum absolute atomic E-state index is 6.90. The van der Waals surface area contributed by atoms with Gasteiger partial charge in [-0.3, -0.25) is 0 Å². The van der Waals surface area contributed by atoms with Gasteiger partial charge in [-0.2, -0.15) is 6.07 Å². The van der Waals surface area contributed by atoms with Gasteiger partial charge in [-0.25, -0.2) is 4.98 Å². The Hall–Kier alpha value is -5.90. The number of anilines is 2. The van der Waals surface area contributed by atoms with Gasteiger partial charge in [0.25, 0.3) is 0 Å². The minimum Gasteiger partial charge on any atom is -0.509 e. The van der Waals surface area contributed by atoms with E-state index in [-0.39, 0.29) is 48.1 Å². The SMILES string of the molecule is CC(C)(C)c1cc(C(C)(C)C)c(-c2ccnc(-n3c4[c-]c(Oc5[c-]c(N6C=CN(c7ccccc7C(C)(C)C)[CH-]6)cc(-c6ccccc6)c5)ccc4c4cc(C(C)(C)C)ccc43)c2)c(C(C)(C)C)c1.[Pt]. The third kappa shape index (κ3) is 10.0. The van der Waals surface area contributed by atoms with Crippen LogP contribution in [0.5, 0.6) is 11.5 Å². The number of aromatic nitrogens is 2. The molecule has 3 heterocycles. The quantitative estimate of drug-likeness (QED) is 0.149. The van der Waals surface area contributed by atoms with E-state index in [1.54, 1.807) is 0 Å². The molecule has 0 amide bonds. The van der Waals surface area contributed by atoms with E-state index in [9.17, 15) is 0 Å². The maximum atomic E-state index is 6.90. The number of fused-ring (bicyclic) bond motifs is 3. The third-order valence-electron chi connectivity index (χ3n) is 13.5. The van der Waals surface area contributed by atoms with Crippen LogP contribution in [-0.4, -0.2) is 9.55 Å². The first-order chi connectivity index (χ1) is 32.3. The van der Waals surface area contributed by atoms with Crippen LogP contribution < -0.4 is 14.5 Å². The molecule has 0 atom stereocenters. The Bertz CT molecular complexity index is 3220. The summed E-state index contributed by atoms with van der Waals surface area (Å²) in [5.41, 5.74) is 14.8. The van der Waals surface area contributed by atoms with Gasteiger partial charge in [0.1, 0.15) is 5.82 Å². The van der Waals surface area contributed by atoms with Crippen molar-refractivity contribution in [3.63, 3.8) is 0 Å². The Morgan fingerprint density at radius 2 is 1.11 bits per heavy atom. The van der Waals surface area contributed by atoms with Gasteiger partial charge in [0.05, 0.1) is 0 Å². The summed E-state index contributed by atoms with van der Waals surface area (Å²) in [5, 5.41) is 2.24. The molecule has 1 aliphatic rings. The summed E-state index contributed by atoms with van der Waals surface area (Å²) >= 11 is 0. The molecule has 0 fully saturated rings. The van der Waals surface area contributed by atoms with E-state index in [4.69, 9.17) is 9.72 Å². The van der Waals surface area contributed by atoms with Gasteiger partial charge < -0.3 is 19.1 Å². The van der Waals surface area contributed by atoms with E-state index in [1.807, 2.05) is 18.3 Å². The summed E-state index contributed by atoms with van der Waals surface area (Å²) in [7, 11) is 0. The van der Waals surface area contributed by atoms with Crippen LogP contribution in [0.2, 0.25) is 0 Å². The molecular weight excluding hydrogens is 1040 g/mol. The number of para-hydroxylation sites is 1. The fourth-order valence-corrected chi connectivity index (χ4v) is 9.56. The average molecular weight is 1110 g/mol. The predicted molar refractivity (Wildman–Crippen MR) is 292 cm³/mol. The summed E-state index contributed by atoms with van der Waals surface area (Å²) in [6, 6.07) is 51.2. The van der Waals surface area contributed by atoms with E-state index < -0.39 is 0 Å². The van der Waals surface area contributed by atoms with E-state index in [0.717, 1.165) is 55.7 Å². The molecule has 364 valence electrons. The summed E-state index contributed by atoms with van der Waals surface area (Å²) < 4.78 is 9.18. The van der Waals surface area contributed by atoms with E-state index in [1.165, 1.54) is 33.4 Å². The van der Waals surface area contributed by atoms with Crippen molar-refractivity contribution in [1.82, 2.24) is 9.55 Å². The molecule has 0 bridgehead atoms. The van der Waals surface area contributed by atoms with Gasteiger partial charge in [0.15, 0.2) is 0 Å². The maximum Gasteiger partial charge on any atom is 0.136 e. The van der Waals surface area contributed by atoms with Gasteiger partial charge >= 0.3 is 0 Å². The van der Waals surface area contributed by atoms with Crippen molar-refractivity contribution in [1.29, 1.82) is 0 Å². The fourth-order valence-electron chi connectivity index (χ4n) is 9.56. The third-order valence-corrected chi connectivity index (χ3v) is 13.5. The largest absolute Gasteiger partial charge is 0.509 e. The molecule has 2 aromatic heterocycles. The zero-order valence-electron chi connectivity index (χ0n) is 43.9. The summed E-state index contributed by atoms with van der Waals surface area (Å²) in [4.78, 5) is 9.46. The monoisotopic (exact) mass is 1100 g/mol. The number of ether oxygens (including phenoxy) is 1.